The smallest absolute Gasteiger partial charge is 0.255 e. The Kier molecular flexibility index (Phi) is 4.04. The van der Waals surface area contributed by atoms with E-state index in [0.29, 0.717) is 6.54 Å². The van der Waals surface area contributed by atoms with E-state index >= 15 is 0 Å². The van der Waals surface area contributed by atoms with Gasteiger partial charge in [0.1, 0.15) is 5.75 Å². The van der Waals surface area contributed by atoms with Crippen LogP contribution in [0.1, 0.15) is 17.3 Å². The monoisotopic (exact) mass is 299 g/mol. The van der Waals surface area contributed by atoms with Gasteiger partial charge in [-0.2, -0.15) is 0 Å². The summed E-state index contributed by atoms with van der Waals surface area (Å²) in [6.07, 6.45) is 3.53. The Labute approximate surface area is 130 Å². The van der Waals surface area contributed by atoms with E-state index < -0.39 is 0 Å². The number of nitrogens with one attached hydrogen (secondary N) is 1. The minimum absolute atomic E-state index is 0.0911. The number of para-hydroxylation sites is 2. The minimum Gasteiger partial charge on any atom is -0.495 e. The second kappa shape index (κ2) is 6.13. The maximum Gasteiger partial charge on any atom is 0.255 e. The van der Waals surface area contributed by atoms with Crippen LogP contribution in [0, 0.1) is 0 Å². The van der Waals surface area contributed by atoms with Gasteiger partial charge < -0.3 is 19.5 Å². The summed E-state index contributed by atoms with van der Waals surface area (Å²) in [5, 5.41) is 0. The fourth-order valence-corrected chi connectivity index (χ4v) is 2.99. The predicted molar refractivity (Wildman–Crippen MR) is 86.5 cm³/mol. The minimum atomic E-state index is 0.0911. The van der Waals surface area contributed by atoms with Crippen LogP contribution in [0.2, 0.25) is 0 Å². The summed E-state index contributed by atoms with van der Waals surface area (Å²) in [5.41, 5.74) is 1.81. The fraction of sp³-hybridized carbons (Fsp3) is 0.353. The first-order chi connectivity index (χ1) is 10.7. The SMILES string of the molecule is COc1ccccc1N1CCN(C(=O)c2cc[nH]c2)C(C)C1. The average Bonchev–Trinajstić information content (AvgIpc) is 3.08. The van der Waals surface area contributed by atoms with Gasteiger partial charge in [0.2, 0.25) is 0 Å². The van der Waals surface area contributed by atoms with Crippen molar-refractivity contribution in [3.05, 3.63) is 48.3 Å². The third kappa shape index (κ3) is 2.66. The van der Waals surface area contributed by atoms with E-state index in [9.17, 15) is 4.79 Å². The van der Waals surface area contributed by atoms with Crippen molar-refractivity contribution in [1.29, 1.82) is 0 Å². The highest BCUT2D eigenvalue weighted by Gasteiger charge is 2.29. The summed E-state index contributed by atoms with van der Waals surface area (Å²) in [6, 6.07) is 9.99. The molecule has 1 saturated heterocycles. The number of hydrogen-bond acceptors (Lipinski definition) is 3. The normalized spacial score (nSPS) is 18.4. The zero-order valence-electron chi connectivity index (χ0n) is 13.0. The number of methoxy groups -OCH3 is 1. The van der Waals surface area contributed by atoms with E-state index in [2.05, 4.69) is 22.9 Å². The molecule has 0 bridgehead atoms. The number of amides is 1. The first-order valence-electron chi connectivity index (χ1n) is 7.52. The molecule has 22 heavy (non-hydrogen) atoms. The highest BCUT2D eigenvalue weighted by atomic mass is 16.5. The van der Waals surface area contributed by atoms with E-state index in [1.165, 1.54) is 0 Å². The molecule has 2 heterocycles. The van der Waals surface area contributed by atoms with Crippen LogP contribution in [0.15, 0.2) is 42.7 Å². The van der Waals surface area contributed by atoms with Crippen LogP contribution in [0.3, 0.4) is 0 Å². The lowest BCUT2D eigenvalue weighted by molar-refractivity contribution is 0.0674. The number of carbonyl (C=O) groups excluding carboxylic acids is 1. The van der Waals surface area contributed by atoms with Gasteiger partial charge in [-0.15, -0.1) is 0 Å². The molecule has 1 fully saturated rings. The first-order valence-corrected chi connectivity index (χ1v) is 7.52. The van der Waals surface area contributed by atoms with Crippen molar-refractivity contribution in [2.75, 3.05) is 31.6 Å². The second-order valence-corrected chi connectivity index (χ2v) is 5.57. The molecule has 1 aliphatic rings. The highest BCUT2D eigenvalue weighted by Crippen LogP contribution is 2.29. The molecule has 0 aliphatic carbocycles. The van der Waals surface area contributed by atoms with Gasteiger partial charge in [0, 0.05) is 38.1 Å². The molecule has 1 atom stereocenters. The molecule has 0 spiro atoms. The van der Waals surface area contributed by atoms with Crippen LogP contribution in [-0.4, -0.2) is 48.6 Å². The van der Waals surface area contributed by atoms with Crippen LogP contribution in [0.5, 0.6) is 5.75 Å². The number of anilines is 1. The second-order valence-electron chi connectivity index (χ2n) is 5.57. The number of carbonyl (C=O) groups is 1. The number of aromatic amines is 1. The Hall–Kier alpha value is -2.43. The number of hydrogen-bond donors (Lipinski definition) is 1. The number of aromatic nitrogens is 1. The van der Waals surface area contributed by atoms with Gasteiger partial charge in [0.15, 0.2) is 0 Å². The molecule has 116 valence electrons. The lowest BCUT2D eigenvalue weighted by Gasteiger charge is -2.41. The van der Waals surface area contributed by atoms with Gasteiger partial charge >= 0.3 is 0 Å². The molecule has 5 heteroatoms. The van der Waals surface area contributed by atoms with Gasteiger partial charge in [-0.3, -0.25) is 4.79 Å². The van der Waals surface area contributed by atoms with E-state index in [4.69, 9.17) is 4.74 Å². The maximum atomic E-state index is 12.5. The van der Waals surface area contributed by atoms with Gasteiger partial charge in [0.25, 0.3) is 5.91 Å². The molecule has 1 aromatic carbocycles. The van der Waals surface area contributed by atoms with Crippen molar-refractivity contribution in [3.8, 4) is 5.75 Å². The highest BCUT2D eigenvalue weighted by molar-refractivity contribution is 5.94. The van der Waals surface area contributed by atoms with E-state index in [1.807, 2.05) is 29.2 Å². The van der Waals surface area contributed by atoms with Crippen LogP contribution in [-0.2, 0) is 0 Å². The van der Waals surface area contributed by atoms with Crippen LogP contribution >= 0.6 is 0 Å². The summed E-state index contributed by atoms with van der Waals surface area (Å²) in [6.45, 7) is 4.41. The summed E-state index contributed by atoms with van der Waals surface area (Å²) >= 11 is 0. The number of rotatable bonds is 3. The Morgan fingerprint density at radius 1 is 1.27 bits per heavy atom. The Morgan fingerprint density at radius 2 is 2.09 bits per heavy atom. The van der Waals surface area contributed by atoms with Gasteiger partial charge in [-0.1, -0.05) is 12.1 Å². The molecule has 0 saturated carbocycles. The standard InChI is InChI=1S/C17H21N3O2/c1-13-12-19(15-5-3-4-6-16(15)22-2)9-10-20(13)17(21)14-7-8-18-11-14/h3-8,11,13,18H,9-10,12H2,1-2H3. The maximum absolute atomic E-state index is 12.5. The molecule has 1 aromatic heterocycles. The Balaban J connectivity index is 1.74. The lowest BCUT2D eigenvalue weighted by atomic mass is 10.1. The summed E-state index contributed by atoms with van der Waals surface area (Å²) < 4.78 is 5.44. The third-order valence-corrected chi connectivity index (χ3v) is 4.16. The van der Waals surface area contributed by atoms with Crippen LogP contribution < -0.4 is 9.64 Å². The average molecular weight is 299 g/mol. The molecule has 0 radical (unpaired) electrons. The van der Waals surface area contributed by atoms with Gasteiger partial charge in [0.05, 0.1) is 18.4 Å². The molecule has 1 amide bonds. The van der Waals surface area contributed by atoms with E-state index in [-0.39, 0.29) is 11.9 Å². The molecular formula is C17H21N3O2. The molecule has 5 nitrogen and oxygen atoms in total. The molecule has 3 rings (SSSR count). The Bertz CT molecular complexity index is 639. The van der Waals surface area contributed by atoms with Crippen LogP contribution in [0.25, 0.3) is 0 Å². The first kappa shape index (κ1) is 14.5. The Morgan fingerprint density at radius 3 is 2.77 bits per heavy atom. The summed E-state index contributed by atoms with van der Waals surface area (Å²) in [5.74, 6) is 0.966. The van der Waals surface area contributed by atoms with E-state index in [1.54, 1.807) is 19.5 Å². The summed E-state index contributed by atoms with van der Waals surface area (Å²) in [4.78, 5) is 19.7. The van der Waals surface area contributed by atoms with Crippen molar-refractivity contribution in [3.63, 3.8) is 0 Å². The number of nitrogens with zero attached hydrogens (tertiary/aromatic N) is 2. The molecular weight excluding hydrogens is 278 g/mol. The van der Waals surface area contributed by atoms with Crippen molar-refractivity contribution in [2.45, 2.75) is 13.0 Å². The third-order valence-electron chi connectivity index (χ3n) is 4.16. The van der Waals surface area contributed by atoms with Crippen molar-refractivity contribution >= 4 is 11.6 Å². The predicted octanol–water partition coefficient (Wildman–Crippen LogP) is 2.37. The van der Waals surface area contributed by atoms with Gasteiger partial charge in [-0.05, 0) is 25.1 Å². The fourth-order valence-electron chi connectivity index (χ4n) is 2.99. The molecule has 1 unspecified atom stereocenters. The van der Waals surface area contributed by atoms with Crippen molar-refractivity contribution < 1.29 is 9.53 Å². The lowest BCUT2D eigenvalue weighted by Crippen LogP contribution is -2.54. The van der Waals surface area contributed by atoms with E-state index in [0.717, 1.165) is 30.1 Å². The van der Waals surface area contributed by atoms with Crippen molar-refractivity contribution in [1.82, 2.24) is 9.88 Å². The number of ether oxygens (including phenoxy) is 1. The zero-order chi connectivity index (χ0) is 15.5. The van der Waals surface area contributed by atoms with Crippen molar-refractivity contribution in [2.24, 2.45) is 0 Å². The topological polar surface area (TPSA) is 48.6 Å². The number of H-pyrrole nitrogens is 1. The molecule has 2 aromatic rings. The summed E-state index contributed by atoms with van der Waals surface area (Å²) in [7, 11) is 1.69. The van der Waals surface area contributed by atoms with Crippen LogP contribution in [0.4, 0.5) is 5.69 Å². The quantitative estimate of drug-likeness (QED) is 0.946. The number of piperazine rings is 1. The molecule has 1 aliphatic heterocycles. The van der Waals surface area contributed by atoms with Gasteiger partial charge in [-0.25, -0.2) is 0 Å². The number of benzene rings is 1. The zero-order valence-corrected chi connectivity index (χ0v) is 13.0. The molecule has 1 N–H and O–H groups in total. The largest absolute Gasteiger partial charge is 0.495 e.